The van der Waals surface area contributed by atoms with Gasteiger partial charge in [0.05, 0.1) is 18.6 Å². The zero-order valence-corrected chi connectivity index (χ0v) is 22.9. The van der Waals surface area contributed by atoms with Crippen molar-refractivity contribution in [1.29, 1.82) is 0 Å². The lowest BCUT2D eigenvalue weighted by molar-refractivity contribution is -0.159. The first-order valence-electron chi connectivity index (χ1n) is 13.8. The predicted octanol–water partition coefficient (Wildman–Crippen LogP) is 5.05. The normalized spacial score (nSPS) is 24.3. The number of hydrogen-bond donors (Lipinski definition) is 1. The number of aldehydes is 1. The summed E-state index contributed by atoms with van der Waals surface area (Å²) >= 11 is 1.29. The number of aromatic nitrogens is 3. The van der Waals surface area contributed by atoms with Gasteiger partial charge in [-0.05, 0) is 66.3 Å². The summed E-state index contributed by atoms with van der Waals surface area (Å²) in [5.41, 5.74) is 4.61. The fourth-order valence-electron chi connectivity index (χ4n) is 7.48. The maximum Gasteiger partial charge on any atom is 0.255 e. The summed E-state index contributed by atoms with van der Waals surface area (Å²) in [5.74, 6) is -1.29. The van der Waals surface area contributed by atoms with Gasteiger partial charge < -0.3 is 14.3 Å². The zero-order chi connectivity index (χ0) is 27.9. The Kier molecular flexibility index (Phi) is 5.20. The minimum Gasteiger partial charge on any atom is -0.334 e. The van der Waals surface area contributed by atoms with Crippen molar-refractivity contribution < 1.29 is 18.8 Å². The van der Waals surface area contributed by atoms with Crippen LogP contribution in [0.2, 0.25) is 0 Å². The molecule has 2 amide bonds. The molecular weight excluding hydrogens is 541 g/mol. The molecule has 8 nitrogen and oxygen atoms in total. The van der Waals surface area contributed by atoms with E-state index in [1.54, 1.807) is 24.0 Å². The number of anilines is 1. The molecule has 2 bridgehead atoms. The molecule has 2 aliphatic heterocycles. The van der Waals surface area contributed by atoms with E-state index in [0.717, 1.165) is 56.2 Å². The van der Waals surface area contributed by atoms with Crippen LogP contribution in [0.5, 0.6) is 0 Å². The standard InChI is InChI=1S/C31H26FN5O3S/c32-23-11-19(18-3-5-20(6-4-18)31-13-30(14-31,15-31)16-38)10-21-22(23)12-37(28(21)40)26(27(39)35-29-33-7-9-41-29)25-24-2-1-8-36(24)17-34-25/h3-7,9-11,16-17,26H,1-2,8,12-15H2,(H,33,35,39)/t26-,30?,31?/m1/s1. The highest BCUT2D eigenvalue weighted by Gasteiger charge is 2.68. The third-order valence-electron chi connectivity index (χ3n) is 9.44. The summed E-state index contributed by atoms with van der Waals surface area (Å²) in [6.45, 7) is 0.787. The highest BCUT2D eigenvalue weighted by Crippen LogP contribution is 2.72. The Hall–Kier alpha value is -4.18. The third-order valence-corrected chi connectivity index (χ3v) is 10.1. The lowest BCUT2D eigenvalue weighted by atomic mass is 9.34. The maximum absolute atomic E-state index is 15.6. The molecule has 0 spiro atoms. The highest BCUT2D eigenvalue weighted by molar-refractivity contribution is 7.13. The van der Waals surface area contributed by atoms with Crippen LogP contribution in [0.4, 0.5) is 9.52 Å². The average Bonchev–Trinajstić information content (AvgIpc) is 3.72. The Bertz CT molecular complexity index is 1730. The molecule has 206 valence electrons. The van der Waals surface area contributed by atoms with Crippen molar-refractivity contribution in [2.24, 2.45) is 5.41 Å². The van der Waals surface area contributed by atoms with Crippen molar-refractivity contribution in [3.05, 3.63) is 88.2 Å². The summed E-state index contributed by atoms with van der Waals surface area (Å²) < 4.78 is 17.6. The third kappa shape index (κ3) is 3.59. The Morgan fingerprint density at radius 1 is 1.12 bits per heavy atom. The van der Waals surface area contributed by atoms with E-state index in [2.05, 4.69) is 27.4 Å². The van der Waals surface area contributed by atoms with Crippen LogP contribution in [0.1, 0.15) is 64.6 Å². The van der Waals surface area contributed by atoms with Crippen LogP contribution in [-0.4, -0.2) is 37.5 Å². The maximum atomic E-state index is 15.6. The Morgan fingerprint density at radius 3 is 2.66 bits per heavy atom. The molecule has 2 aromatic heterocycles. The van der Waals surface area contributed by atoms with E-state index < -0.39 is 23.7 Å². The van der Waals surface area contributed by atoms with E-state index in [1.165, 1.54) is 27.9 Å². The predicted molar refractivity (Wildman–Crippen MR) is 150 cm³/mol. The van der Waals surface area contributed by atoms with Gasteiger partial charge >= 0.3 is 0 Å². The fraction of sp³-hybridized carbons (Fsp3) is 0.323. The quantitative estimate of drug-likeness (QED) is 0.316. The number of aryl methyl sites for hydroxylation is 1. The van der Waals surface area contributed by atoms with Crippen molar-refractivity contribution >= 4 is 34.6 Å². The second-order valence-corrected chi connectivity index (χ2v) is 12.8. The van der Waals surface area contributed by atoms with E-state index in [-0.39, 0.29) is 28.5 Å². The summed E-state index contributed by atoms with van der Waals surface area (Å²) in [4.78, 5) is 49.0. The number of halogens is 1. The lowest BCUT2D eigenvalue weighted by Gasteiger charge is -2.68. The number of nitrogens with zero attached hydrogens (tertiary/aromatic N) is 4. The molecule has 2 aromatic carbocycles. The monoisotopic (exact) mass is 567 g/mol. The van der Waals surface area contributed by atoms with Crippen LogP contribution in [0.25, 0.3) is 11.1 Å². The number of carbonyl (C=O) groups excluding carboxylic acids is 3. The van der Waals surface area contributed by atoms with E-state index >= 15 is 4.39 Å². The molecule has 4 aromatic rings. The SMILES string of the molecule is O=CC12CC(c3ccc(-c4cc(F)c5c(c4)C(=O)N([C@@H](C(=O)Nc4nccs4)c4ncn6c4CCC6)C5)cc3)(C1)C2. The first kappa shape index (κ1) is 24.6. The van der Waals surface area contributed by atoms with Gasteiger partial charge in [-0.25, -0.2) is 14.4 Å². The van der Waals surface area contributed by atoms with Crippen molar-refractivity contribution in [3.63, 3.8) is 0 Å². The van der Waals surface area contributed by atoms with Crippen molar-refractivity contribution in [3.8, 4) is 11.1 Å². The van der Waals surface area contributed by atoms with Gasteiger partial charge in [-0.2, -0.15) is 0 Å². The molecule has 0 saturated heterocycles. The van der Waals surface area contributed by atoms with Gasteiger partial charge in [-0.1, -0.05) is 24.3 Å². The molecule has 41 heavy (non-hydrogen) atoms. The second-order valence-electron chi connectivity index (χ2n) is 11.9. The van der Waals surface area contributed by atoms with Gasteiger partial charge in [0.25, 0.3) is 11.8 Å². The van der Waals surface area contributed by atoms with Gasteiger partial charge in [0.15, 0.2) is 11.2 Å². The van der Waals surface area contributed by atoms with Crippen LogP contribution in [0.3, 0.4) is 0 Å². The van der Waals surface area contributed by atoms with E-state index in [9.17, 15) is 14.4 Å². The summed E-state index contributed by atoms with van der Waals surface area (Å²) in [7, 11) is 0. The van der Waals surface area contributed by atoms with Gasteiger partial charge in [-0.15, -0.1) is 11.3 Å². The number of rotatable bonds is 7. The fourth-order valence-corrected chi connectivity index (χ4v) is 8.01. The van der Waals surface area contributed by atoms with Gasteiger partial charge in [0, 0.05) is 40.4 Å². The molecule has 1 atom stereocenters. The van der Waals surface area contributed by atoms with E-state index in [1.807, 2.05) is 16.7 Å². The largest absolute Gasteiger partial charge is 0.334 e. The van der Waals surface area contributed by atoms with Crippen molar-refractivity contribution in [2.45, 2.75) is 56.7 Å². The number of benzene rings is 2. The van der Waals surface area contributed by atoms with Gasteiger partial charge in [0.1, 0.15) is 12.1 Å². The summed E-state index contributed by atoms with van der Waals surface area (Å²) in [5, 5.41) is 5.01. The van der Waals surface area contributed by atoms with Crippen LogP contribution >= 0.6 is 11.3 Å². The van der Waals surface area contributed by atoms with E-state index in [0.29, 0.717) is 16.4 Å². The summed E-state index contributed by atoms with van der Waals surface area (Å²) in [6.07, 6.45) is 8.81. The Labute approximate surface area is 239 Å². The molecule has 0 radical (unpaired) electrons. The topological polar surface area (TPSA) is 97.2 Å². The number of nitrogens with one attached hydrogen (secondary N) is 1. The van der Waals surface area contributed by atoms with Gasteiger partial charge in [0.2, 0.25) is 0 Å². The number of hydrogen-bond acceptors (Lipinski definition) is 6. The molecular formula is C31H26FN5O3S. The molecule has 3 aliphatic carbocycles. The zero-order valence-electron chi connectivity index (χ0n) is 22.1. The minimum absolute atomic E-state index is 0.0253. The first-order valence-corrected chi connectivity index (χ1v) is 14.7. The van der Waals surface area contributed by atoms with E-state index in [4.69, 9.17) is 0 Å². The molecule has 9 rings (SSSR count). The number of carbonyl (C=O) groups is 3. The Balaban J connectivity index is 1.11. The van der Waals surface area contributed by atoms with Crippen LogP contribution < -0.4 is 5.32 Å². The summed E-state index contributed by atoms with van der Waals surface area (Å²) in [6, 6.07) is 10.2. The number of amides is 2. The second kappa shape index (κ2) is 8.66. The van der Waals surface area contributed by atoms with Crippen LogP contribution in [0.15, 0.2) is 54.3 Å². The average molecular weight is 568 g/mol. The van der Waals surface area contributed by atoms with Gasteiger partial charge in [-0.3, -0.25) is 14.9 Å². The number of fused-ring (bicyclic) bond motifs is 2. The molecule has 1 N–H and O–H groups in total. The molecule has 10 heteroatoms. The number of imidazole rings is 1. The molecule has 3 fully saturated rings. The molecule has 0 unspecified atom stereocenters. The molecule has 4 heterocycles. The molecule has 3 saturated carbocycles. The van der Waals surface area contributed by atoms with Crippen LogP contribution in [-0.2, 0) is 34.5 Å². The lowest BCUT2D eigenvalue weighted by Crippen LogP contribution is -2.65. The highest BCUT2D eigenvalue weighted by atomic mass is 32.1. The molecule has 5 aliphatic rings. The van der Waals surface area contributed by atoms with Crippen LogP contribution in [0, 0.1) is 11.2 Å². The number of thiazole rings is 1. The first-order chi connectivity index (χ1) is 19.9. The van der Waals surface area contributed by atoms with Crippen molar-refractivity contribution in [2.75, 3.05) is 5.32 Å². The smallest absolute Gasteiger partial charge is 0.255 e. The minimum atomic E-state index is -1.02. The Morgan fingerprint density at radius 2 is 1.93 bits per heavy atom. The van der Waals surface area contributed by atoms with Crippen molar-refractivity contribution in [1.82, 2.24) is 19.4 Å².